The van der Waals surface area contributed by atoms with Crippen LogP contribution in [0, 0.1) is 0 Å². The zero-order chi connectivity index (χ0) is 25.2. The van der Waals surface area contributed by atoms with Gasteiger partial charge in [0, 0.05) is 0 Å². The minimum Gasteiger partial charge on any atom is -0.281 e. The third-order valence-electron chi connectivity index (χ3n) is 3.29. The summed E-state index contributed by atoms with van der Waals surface area (Å²) in [6, 6.07) is 0. The molecule has 21 heteroatoms. The molecule has 0 bridgehead atoms. The van der Waals surface area contributed by atoms with E-state index in [1.165, 1.54) is 0 Å². The summed E-state index contributed by atoms with van der Waals surface area (Å²) < 4.78 is 247. The maximum Gasteiger partial charge on any atom is 0.438 e. The van der Waals surface area contributed by atoms with E-state index in [0.717, 1.165) is 0 Å². The van der Waals surface area contributed by atoms with Crippen LogP contribution in [0.25, 0.3) is 0 Å². The van der Waals surface area contributed by atoms with Crippen LogP contribution in [0.15, 0.2) is 0 Å². The fourth-order valence-corrected chi connectivity index (χ4v) is 1.90. The number of halogens is 17. The molecule has 0 rings (SSSR count). The molecule has 3 nitrogen and oxygen atoms in total. The van der Waals surface area contributed by atoms with E-state index in [2.05, 4.69) is 0 Å². The Balaban J connectivity index is 6.93. The van der Waals surface area contributed by atoms with E-state index in [0.29, 0.717) is 0 Å². The minimum absolute atomic E-state index is 4.01. The van der Waals surface area contributed by atoms with Crippen LogP contribution < -0.4 is 0 Å². The summed E-state index contributed by atoms with van der Waals surface area (Å²) in [5, 5.41) is -7.83. The third kappa shape index (κ3) is 3.25. The molecule has 0 fully saturated rings. The topological polar surface area (TPSA) is 54.4 Å². The summed E-state index contributed by atoms with van der Waals surface area (Å²) in [6.45, 7) is -4.01. The van der Waals surface area contributed by atoms with Crippen molar-refractivity contribution in [1.29, 1.82) is 0 Å². The molecule has 0 aliphatic carbocycles. The first-order valence-corrected chi connectivity index (χ1v) is 7.55. The molecule has 0 spiro atoms. The molecule has 0 radical (unpaired) electrons. The van der Waals surface area contributed by atoms with Gasteiger partial charge in [-0.05, 0) is 0 Å². The molecule has 0 heterocycles. The van der Waals surface area contributed by atoms with E-state index in [4.69, 9.17) is 4.55 Å². The highest BCUT2D eigenvalue weighted by Gasteiger charge is 2.95. The van der Waals surface area contributed by atoms with E-state index in [1.54, 1.807) is 0 Å². The molecule has 0 aliphatic rings. The lowest BCUT2D eigenvalue weighted by Crippen LogP contribution is -2.75. The summed E-state index contributed by atoms with van der Waals surface area (Å²) in [5.41, 5.74) is 0. The SMILES string of the molecule is O=S(=O)(O)C(F)(F)C(F)(F)C(F)(F)C(F)(F)C(F)(F)C(F)(F)C(F)(F)C(F)(F)CF. The molecule has 0 atom stereocenters. The zero-order valence-electron chi connectivity index (χ0n) is 12.8. The Hall–Kier alpha value is -1.28. The molecule has 0 unspecified atom stereocenters. The van der Waals surface area contributed by atoms with Crippen molar-refractivity contribution in [3.05, 3.63) is 0 Å². The van der Waals surface area contributed by atoms with Crippen molar-refractivity contribution < 1.29 is 87.6 Å². The van der Waals surface area contributed by atoms with Gasteiger partial charge in [0.25, 0.3) is 0 Å². The van der Waals surface area contributed by atoms with Crippen LogP contribution in [0.4, 0.5) is 74.6 Å². The van der Waals surface area contributed by atoms with Gasteiger partial charge in [-0.3, -0.25) is 4.55 Å². The summed E-state index contributed by atoms with van der Waals surface area (Å²) >= 11 is 0. The number of hydrogen-bond acceptors (Lipinski definition) is 2. The molecular formula is C9H3F17O3S. The molecule has 0 aromatic rings. The second-order valence-corrected chi connectivity index (χ2v) is 6.74. The Labute approximate surface area is 152 Å². The van der Waals surface area contributed by atoms with Gasteiger partial charge in [0.1, 0.15) is 0 Å². The number of hydrogen-bond donors (Lipinski definition) is 1. The van der Waals surface area contributed by atoms with Gasteiger partial charge in [-0.1, -0.05) is 0 Å². The molecule has 0 amide bonds. The summed E-state index contributed by atoms with van der Waals surface area (Å²) in [4.78, 5) is 0. The van der Waals surface area contributed by atoms with Crippen LogP contribution in [0.2, 0.25) is 0 Å². The Morgan fingerprint density at radius 2 is 0.733 bits per heavy atom. The first-order valence-electron chi connectivity index (χ1n) is 6.11. The van der Waals surface area contributed by atoms with Crippen molar-refractivity contribution in [2.75, 3.05) is 6.67 Å². The maximum atomic E-state index is 13.2. The fraction of sp³-hybridized carbons (Fsp3) is 1.00. The van der Waals surface area contributed by atoms with Crippen molar-refractivity contribution >= 4 is 10.1 Å². The van der Waals surface area contributed by atoms with Gasteiger partial charge in [0.2, 0.25) is 0 Å². The molecule has 0 saturated heterocycles. The van der Waals surface area contributed by atoms with Crippen LogP contribution in [0.1, 0.15) is 0 Å². The predicted octanol–water partition coefficient (Wildman–Crippen LogP) is 4.88. The highest BCUT2D eigenvalue weighted by Crippen LogP contribution is 2.64. The monoisotopic (exact) mass is 514 g/mol. The first kappa shape index (κ1) is 28.7. The average Bonchev–Trinajstić information content (AvgIpc) is 2.52. The highest BCUT2D eigenvalue weighted by atomic mass is 32.2. The van der Waals surface area contributed by atoms with Crippen LogP contribution in [-0.2, 0) is 10.1 Å². The quantitative estimate of drug-likeness (QED) is 0.353. The molecule has 0 saturated carbocycles. The Morgan fingerprint density at radius 3 is 0.967 bits per heavy atom. The van der Waals surface area contributed by atoms with Crippen molar-refractivity contribution in [3.8, 4) is 0 Å². The van der Waals surface area contributed by atoms with Gasteiger partial charge in [0.15, 0.2) is 6.67 Å². The number of rotatable bonds is 9. The summed E-state index contributed by atoms with van der Waals surface area (Å²) in [5.74, 6) is -58.4. The molecule has 182 valence electrons. The Bertz CT molecular complexity index is 754. The van der Waals surface area contributed by atoms with Gasteiger partial charge in [0.05, 0.1) is 0 Å². The van der Waals surface area contributed by atoms with Gasteiger partial charge < -0.3 is 0 Å². The molecule has 1 N–H and O–H groups in total. The van der Waals surface area contributed by atoms with E-state index in [9.17, 15) is 83.1 Å². The minimum atomic E-state index is -8.85. The predicted molar refractivity (Wildman–Crippen MR) is 57.1 cm³/mol. The van der Waals surface area contributed by atoms with Crippen molar-refractivity contribution in [2.45, 2.75) is 46.7 Å². The van der Waals surface area contributed by atoms with Crippen molar-refractivity contribution in [3.63, 3.8) is 0 Å². The van der Waals surface area contributed by atoms with E-state index in [-0.39, 0.29) is 0 Å². The lowest BCUT2D eigenvalue weighted by Gasteiger charge is -2.42. The number of alkyl halides is 17. The molecule has 30 heavy (non-hydrogen) atoms. The van der Waals surface area contributed by atoms with Gasteiger partial charge in [-0.15, -0.1) is 0 Å². The fourth-order valence-electron chi connectivity index (χ4n) is 1.45. The van der Waals surface area contributed by atoms with Gasteiger partial charge >= 0.3 is 56.8 Å². The molecule has 0 aromatic heterocycles. The van der Waals surface area contributed by atoms with Crippen molar-refractivity contribution in [2.24, 2.45) is 0 Å². The smallest absolute Gasteiger partial charge is 0.281 e. The highest BCUT2D eigenvalue weighted by molar-refractivity contribution is 7.87. The Kier molecular flexibility index (Phi) is 6.57. The van der Waals surface area contributed by atoms with Crippen LogP contribution in [0.3, 0.4) is 0 Å². The van der Waals surface area contributed by atoms with Crippen LogP contribution >= 0.6 is 0 Å². The first-order chi connectivity index (χ1) is 12.6. The van der Waals surface area contributed by atoms with Crippen LogP contribution in [0.5, 0.6) is 0 Å². The summed E-state index contributed by atoms with van der Waals surface area (Å²) in [6.07, 6.45) is 0. The molecule has 0 aliphatic heterocycles. The van der Waals surface area contributed by atoms with E-state index < -0.39 is 63.5 Å². The second-order valence-electron chi connectivity index (χ2n) is 5.28. The van der Waals surface area contributed by atoms with Crippen LogP contribution in [-0.4, -0.2) is 66.4 Å². The van der Waals surface area contributed by atoms with E-state index >= 15 is 0 Å². The normalized spacial score (nSPS) is 16.7. The molecular weight excluding hydrogens is 511 g/mol. The lowest BCUT2D eigenvalue weighted by molar-refractivity contribution is -0.449. The standard InChI is InChI=1S/C9H3F17O3S/c10-1-2(11,12)3(13,14)4(15,16)5(17,18)6(19,20)7(21,22)8(23,24)9(25,26)30(27,28)29/h1H2,(H,27,28,29). The Morgan fingerprint density at radius 1 is 0.500 bits per heavy atom. The average molecular weight is 514 g/mol. The van der Waals surface area contributed by atoms with Gasteiger partial charge in [-0.25, -0.2) is 4.39 Å². The molecule has 0 aromatic carbocycles. The zero-order valence-corrected chi connectivity index (χ0v) is 13.6. The van der Waals surface area contributed by atoms with E-state index in [1.807, 2.05) is 0 Å². The maximum absolute atomic E-state index is 13.2. The summed E-state index contributed by atoms with van der Waals surface area (Å²) in [7, 11) is -7.89. The third-order valence-corrected chi connectivity index (χ3v) is 4.19. The van der Waals surface area contributed by atoms with Gasteiger partial charge in [-0.2, -0.15) is 78.7 Å². The lowest BCUT2D eigenvalue weighted by atomic mass is 9.89. The van der Waals surface area contributed by atoms with Crippen molar-refractivity contribution in [1.82, 2.24) is 0 Å². The second kappa shape index (κ2) is 6.86. The largest absolute Gasteiger partial charge is 0.438 e.